The number of rotatable bonds is 10. The minimum absolute atomic E-state index is 0.0215. The number of carbonyl (C=O) groups excluding carboxylic acids is 2. The van der Waals surface area contributed by atoms with Crippen molar-refractivity contribution in [3.63, 3.8) is 0 Å². The number of halogens is 1. The molecule has 3 heterocycles. The maximum Gasteiger partial charge on any atom is 0.410 e. The van der Waals surface area contributed by atoms with Gasteiger partial charge in [0.2, 0.25) is 0 Å². The molecule has 3 aromatic rings. The van der Waals surface area contributed by atoms with Crippen LogP contribution in [0.5, 0.6) is 0 Å². The van der Waals surface area contributed by atoms with Crippen LogP contribution < -0.4 is 15.5 Å². The summed E-state index contributed by atoms with van der Waals surface area (Å²) in [5.74, 6) is 0.163. The number of morpholine rings is 1. The van der Waals surface area contributed by atoms with E-state index in [1.165, 1.54) is 6.07 Å². The lowest BCUT2D eigenvalue weighted by Gasteiger charge is -2.43. The van der Waals surface area contributed by atoms with Crippen LogP contribution >= 0.6 is 10.3 Å². The lowest BCUT2D eigenvalue weighted by molar-refractivity contribution is 0.0204. The molecule has 1 aromatic heterocycles. The third-order valence-corrected chi connectivity index (χ3v) is 13.3. The molecule has 2 aliphatic heterocycles. The third kappa shape index (κ3) is 9.81. The molecule has 2 fully saturated rings. The summed E-state index contributed by atoms with van der Waals surface area (Å²) in [4.78, 5) is 39.7. The summed E-state index contributed by atoms with van der Waals surface area (Å²) in [6.07, 6.45) is 6.91. The van der Waals surface area contributed by atoms with Crippen molar-refractivity contribution in [1.29, 1.82) is 0 Å². The number of anilines is 2. The Balaban J connectivity index is 1.36. The SMILES string of the molecule is CC(C)(C)OC(=O)N1CCC(c2c(F)cccc2CNc2cc(C(=O)NCCOS(C)(C)C(C)(C)C)cc3ncc(N4CCOCC4)nc23)CC1. The summed E-state index contributed by atoms with van der Waals surface area (Å²) in [6, 6.07) is 8.68. The van der Waals surface area contributed by atoms with Gasteiger partial charge in [0.1, 0.15) is 22.8 Å². The van der Waals surface area contributed by atoms with Gasteiger partial charge in [-0.25, -0.2) is 14.2 Å². The number of aromatic nitrogens is 2. The van der Waals surface area contributed by atoms with Crippen LogP contribution in [0.3, 0.4) is 0 Å². The molecule has 2 amide bonds. The smallest absolute Gasteiger partial charge is 0.410 e. The number of piperidine rings is 1. The van der Waals surface area contributed by atoms with Gasteiger partial charge in [0.15, 0.2) is 0 Å². The van der Waals surface area contributed by atoms with Crippen molar-refractivity contribution < 1.29 is 27.6 Å². The van der Waals surface area contributed by atoms with Crippen molar-refractivity contribution in [3.05, 3.63) is 59.0 Å². The number of benzene rings is 2. The molecule has 51 heavy (non-hydrogen) atoms. The quantitative estimate of drug-likeness (QED) is 0.216. The first-order valence-electron chi connectivity index (χ1n) is 17.8. The third-order valence-electron chi connectivity index (χ3n) is 9.64. The van der Waals surface area contributed by atoms with Crippen molar-refractivity contribution in [1.82, 2.24) is 20.2 Å². The van der Waals surface area contributed by atoms with Gasteiger partial charge >= 0.3 is 6.09 Å². The molecule has 5 rings (SSSR count). The molecule has 13 heteroatoms. The summed E-state index contributed by atoms with van der Waals surface area (Å²) < 4.78 is 32.9. The summed E-state index contributed by atoms with van der Waals surface area (Å²) in [5, 5.41) is 6.49. The molecule has 280 valence electrons. The number of hydrogen-bond donors (Lipinski definition) is 2. The molecule has 2 aliphatic rings. The monoisotopic (exact) mass is 726 g/mol. The van der Waals surface area contributed by atoms with Gasteiger partial charge in [0.05, 0.1) is 37.2 Å². The van der Waals surface area contributed by atoms with E-state index in [-0.39, 0.29) is 28.5 Å². The Kier molecular flexibility index (Phi) is 12.0. The van der Waals surface area contributed by atoms with Gasteiger partial charge in [0, 0.05) is 49.6 Å². The zero-order chi connectivity index (χ0) is 37.0. The Morgan fingerprint density at radius 2 is 1.75 bits per heavy atom. The number of nitrogens with zero attached hydrogens (tertiary/aromatic N) is 4. The lowest BCUT2D eigenvalue weighted by atomic mass is 9.86. The van der Waals surface area contributed by atoms with Gasteiger partial charge < -0.3 is 34.1 Å². The Hall–Kier alpha value is -3.68. The Morgan fingerprint density at radius 3 is 2.41 bits per heavy atom. The van der Waals surface area contributed by atoms with Crippen LogP contribution in [0.15, 0.2) is 36.5 Å². The Morgan fingerprint density at radius 1 is 1.04 bits per heavy atom. The van der Waals surface area contributed by atoms with Crippen LogP contribution in [0.1, 0.15) is 81.8 Å². The number of amides is 2. The van der Waals surface area contributed by atoms with Crippen LogP contribution in [0.25, 0.3) is 11.0 Å². The molecule has 0 bridgehead atoms. The van der Waals surface area contributed by atoms with Gasteiger partial charge in [0.25, 0.3) is 5.91 Å². The largest absolute Gasteiger partial charge is 0.444 e. The second kappa shape index (κ2) is 15.9. The first kappa shape index (κ1) is 38.5. The summed E-state index contributed by atoms with van der Waals surface area (Å²) >= 11 is 0. The average molecular weight is 727 g/mol. The molecule has 2 N–H and O–H groups in total. The van der Waals surface area contributed by atoms with Gasteiger partial charge in [-0.3, -0.25) is 9.78 Å². The second-order valence-corrected chi connectivity index (χ2v) is 19.5. The molecule has 0 unspecified atom stereocenters. The fraction of sp³-hybridized carbons (Fsp3) is 0.579. The topological polar surface area (TPSA) is 118 Å². The molecular formula is C38H55FN6O5S. The van der Waals surface area contributed by atoms with E-state index in [4.69, 9.17) is 23.6 Å². The van der Waals surface area contributed by atoms with Crippen molar-refractivity contribution in [2.45, 2.75) is 77.2 Å². The molecule has 2 aromatic carbocycles. The minimum Gasteiger partial charge on any atom is -0.444 e. The highest BCUT2D eigenvalue weighted by Crippen LogP contribution is 2.53. The van der Waals surface area contributed by atoms with Crippen molar-refractivity contribution in [3.8, 4) is 0 Å². The van der Waals surface area contributed by atoms with Gasteiger partial charge in [-0.15, -0.1) is 10.3 Å². The van der Waals surface area contributed by atoms with Crippen LogP contribution in [-0.4, -0.2) is 102 Å². The van der Waals surface area contributed by atoms with E-state index in [0.29, 0.717) is 99.8 Å². The lowest BCUT2D eigenvalue weighted by Crippen LogP contribution is -2.41. The number of fused-ring (bicyclic) bond motifs is 1. The second-order valence-electron chi connectivity index (χ2n) is 15.6. The molecule has 0 atom stereocenters. The number of likely N-dealkylation sites (tertiary alicyclic amines) is 1. The predicted octanol–water partition coefficient (Wildman–Crippen LogP) is 6.86. The molecule has 0 saturated carbocycles. The fourth-order valence-corrected chi connectivity index (χ4v) is 6.92. The molecule has 2 saturated heterocycles. The molecule has 0 radical (unpaired) electrons. The number of hydrogen-bond acceptors (Lipinski definition) is 9. The van der Waals surface area contributed by atoms with E-state index in [0.717, 1.165) is 11.4 Å². The van der Waals surface area contributed by atoms with Crippen LogP contribution in [0.4, 0.5) is 20.7 Å². The normalized spacial score (nSPS) is 16.6. The zero-order valence-electron chi connectivity index (χ0n) is 31.4. The Labute approximate surface area is 303 Å². The van der Waals surface area contributed by atoms with E-state index in [1.54, 1.807) is 29.3 Å². The van der Waals surface area contributed by atoms with E-state index >= 15 is 4.39 Å². The maximum absolute atomic E-state index is 15.6. The van der Waals surface area contributed by atoms with E-state index < -0.39 is 15.9 Å². The molecule has 0 spiro atoms. The van der Waals surface area contributed by atoms with Crippen molar-refractivity contribution in [2.24, 2.45) is 0 Å². The minimum atomic E-state index is -1.31. The first-order valence-corrected chi connectivity index (χ1v) is 20.2. The average Bonchev–Trinajstić information content (AvgIpc) is 3.08. The van der Waals surface area contributed by atoms with Gasteiger partial charge in [-0.2, -0.15) is 0 Å². The summed E-state index contributed by atoms with van der Waals surface area (Å²) in [5.41, 5.74) is 3.15. The van der Waals surface area contributed by atoms with Crippen LogP contribution in [0, 0.1) is 5.82 Å². The Bertz CT molecular complexity index is 1690. The first-order chi connectivity index (χ1) is 24.0. The molecule has 0 aliphatic carbocycles. The highest BCUT2D eigenvalue weighted by molar-refractivity contribution is 8.29. The van der Waals surface area contributed by atoms with E-state index in [9.17, 15) is 9.59 Å². The van der Waals surface area contributed by atoms with Gasteiger partial charge in [-0.1, -0.05) is 32.9 Å². The predicted molar refractivity (Wildman–Crippen MR) is 204 cm³/mol. The highest BCUT2D eigenvalue weighted by Gasteiger charge is 2.31. The van der Waals surface area contributed by atoms with E-state index in [1.807, 2.05) is 26.8 Å². The van der Waals surface area contributed by atoms with E-state index in [2.05, 4.69) is 48.8 Å². The van der Waals surface area contributed by atoms with Crippen LogP contribution in [0.2, 0.25) is 0 Å². The number of nitrogens with one attached hydrogen (secondary N) is 2. The van der Waals surface area contributed by atoms with Gasteiger partial charge in [-0.05, 0) is 81.4 Å². The standard InChI is InChI=1S/C38H55FN6O5S/c1-37(2,3)50-36(47)45-15-12-26(13-16-45)33-27(10-9-11-29(33)39)24-41-30-22-28(35(46)40-14-19-49-51(7,8)38(4,5)6)23-31-34(30)43-32(25-42-31)44-17-20-48-21-18-44/h9-11,22-23,25-26,41H,12-21,24H2,1-8H3,(H,40,46). The summed E-state index contributed by atoms with van der Waals surface area (Å²) in [7, 11) is -1.31. The fourth-order valence-electron chi connectivity index (χ4n) is 6.07. The van der Waals surface area contributed by atoms with Crippen molar-refractivity contribution >= 4 is 44.8 Å². The molecule has 11 nitrogen and oxygen atoms in total. The zero-order valence-corrected chi connectivity index (χ0v) is 32.3. The highest BCUT2D eigenvalue weighted by atomic mass is 32.3. The maximum atomic E-state index is 15.6. The number of carbonyl (C=O) groups is 2. The van der Waals surface area contributed by atoms with Crippen molar-refractivity contribution in [2.75, 3.05) is 75.3 Å². The number of ether oxygens (including phenoxy) is 2. The van der Waals surface area contributed by atoms with Crippen LogP contribution in [-0.2, 0) is 20.2 Å². The molecular weight excluding hydrogens is 672 g/mol. The summed E-state index contributed by atoms with van der Waals surface area (Å²) in [6.45, 7) is 16.7.